The summed E-state index contributed by atoms with van der Waals surface area (Å²) in [6, 6.07) is 7.81. The van der Waals surface area contributed by atoms with E-state index in [2.05, 4.69) is 21.2 Å². The summed E-state index contributed by atoms with van der Waals surface area (Å²) in [6.45, 7) is 0.0185. The van der Waals surface area contributed by atoms with Gasteiger partial charge < -0.3 is 40.3 Å². The number of aliphatic carboxylic acids is 1. The summed E-state index contributed by atoms with van der Waals surface area (Å²) in [5.41, 5.74) is 0. The molecular weight excluding hydrogens is 509 g/mol. The van der Waals surface area contributed by atoms with Crippen LogP contribution in [0.1, 0.15) is 13.3 Å². The van der Waals surface area contributed by atoms with Crippen molar-refractivity contribution in [3.05, 3.63) is 40.9 Å². The molecule has 0 unspecified atom stereocenters. The number of carboxylic acids is 1. The number of rotatable bonds is 7. The molecule has 1 aliphatic heterocycles. The predicted octanol–water partition coefficient (Wildman–Crippen LogP) is 0.428. The third-order valence-corrected chi connectivity index (χ3v) is 5.76. The topological polar surface area (TPSA) is 166 Å². The van der Waals surface area contributed by atoms with E-state index in [-0.39, 0.29) is 5.75 Å². The van der Waals surface area contributed by atoms with Crippen LogP contribution in [-0.4, -0.2) is 80.0 Å². The summed E-state index contributed by atoms with van der Waals surface area (Å²) in [4.78, 5) is 23.8. The second kappa shape index (κ2) is 9.49. The van der Waals surface area contributed by atoms with Crippen molar-refractivity contribution in [3.63, 3.8) is 0 Å². The van der Waals surface area contributed by atoms with E-state index in [4.69, 9.17) is 14.6 Å². The van der Waals surface area contributed by atoms with Gasteiger partial charge in [0.05, 0.1) is 13.0 Å². The first kappa shape index (κ1) is 25.3. The van der Waals surface area contributed by atoms with E-state index < -0.39 is 60.9 Å². The Hall–Kier alpha value is -2.35. The van der Waals surface area contributed by atoms with Crippen LogP contribution in [0.3, 0.4) is 0 Å². The van der Waals surface area contributed by atoms with E-state index >= 15 is 4.39 Å². The van der Waals surface area contributed by atoms with Gasteiger partial charge in [0.1, 0.15) is 30.1 Å². The van der Waals surface area contributed by atoms with Gasteiger partial charge >= 0.3 is 11.8 Å². The minimum absolute atomic E-state index is 0.0445. The Balaban J connectivity index is 2.03. The SMILES string of the molecule is CC(=O)N[C@H]1[C@H]([C@H](O)[C@H](O)CO)O[C@](Oc2ccc3cc(Br)ccc3c2)(C(=O)O)C[C@@]1(O)F. The van der Waals surface area contributed by atoms with Crippen LogP contribution in [0, 0.1) is 0 Å². The van der Waals surface area contributed by atoms with Gasteiger partial charge in [-0.25, -0.2) is 9.18 Å². The van der Waals surface area contributed by atoms with E-state index in [1.54, 1.807) is 18.2 Å². The van der Waals surface area contributed by atoms with Crippen LogP contribution in [-0.2, 0) is 14.3 Å². The number of nitrogens with one attached hydrogen (secondary N) is 1. The molecule has 6 atom stereocenters. The lowest BCUT2D eigenvalue weighted by Gasteiger charge is -2.48. The minimum Gasteiger partial charge on any atom is -0.476 e. The molecule has 2 aromatic rings. The molecule has 0 bridgehead atoms. The molecule has 1 heterocycles. The number of hydrogen-bond donors (Lipinski definition) is 6. The van der Waals surface area contributed by atoms with Gasteiger partial charge in [-0.05, 0) is 35.0 Å². The zero-order valence-electron chi connectivity index (χ0n) is 17.3. The Morgan fingerprint density at radius 3 is 2.52 bits per heavy atom. The van der Waals surface area contributed by atoms with Crippen LogP contribution in [0.2, 0.25) is 0 Å². The van der Waals surface area contributed by atoms with Crippen molar-refractivity contribution in [3.8, 4) is 5.75 Å². The Morgan fingerprint density at radius 2 is 1.91 bits per heavy atom. The lowest BCUT2D eigenvalue weighted by atomic mass is 9.86. The summed E-state index contributed by atoms with van der Waals surface area (Å²) in [6.07, 6.45) is -7.28. The Kier molecular flexibility index (Phi) is 7.27. The molecular formula is C21H23BrFNO9. The van der Waals surface area contributed by atoms with Crippen LogP contribution >= 0.6 is 15.9 Å². The number of ether oxygens (including phenoxy) is 2. The molecule has 0 radical (unpaired) electrons. The molecule has 180 valence electrons. The number of carbonyl (C=O) groups excluding carboxylic acids is 1. The molecule has 0 aromatic heterocycles. The minimum atomic E-state index is -3.44. The van der Waals surface area contributed by atoms with Gasteiger partial charge in [-0.2, -0.15) is 0 Å². The number of carboxylic acid groups (broad SMARTS) is 1. The van der Waals surface area contributed by atoms with Gasteiger partial charge in [-0.1, -0.05) is 28.1 Å². The third kappa shape index (κ3) is 5.26. The molecule has 6 N–H and O–H groups in total. The second-order valence-electron chi connectivity index (χ2n) is 7.81. The molecule has 33 heavy (non-hydrogen) atoms. The van der Waals surface area contributed by atoms with Crippen LogP contribution in [0.4, 0.5) is 4.39 Å². The zero-order chi connectivity index (χ0) is 24.6. The molecule has 2 aromatic carbocycles. The smallest absolute Gasteiger partial charge is 0.377 e. The first-order valence-electron chi connectivity index (χ1n) is 9.83. The highest BCUT2D eigenvalue weighted by atomic mass is 79.9. The number of carbonyl (C=O) groups is 2. The molecule has 1 fully saturated rings. The third-order valence-electron chi connectivity index (χ3n) is 5.27. The van der Waals surface area contributed by atoms with Crippen molar-refractivity contribution in [1.82, 2.24) is 5.32 Å². The summed E-state index contributed by atoms with van der Waals surface area (Å²) < 4.78 is 27.2. The van der Waals surface area contributed by atoms with Crippen LogP contribution in [0.15, 0.2) is 40.9 Å². The van der Waals surface area contributed by atoms with E-state index in [0.29, 0.717) is 5.39 Å². The molecule has 1 saturated heterocycles. The lowest BCUT2D eigenvalue weighted by Crippen LogP contribution is -2.72. The van der Waals surface area contributed by atoms with Crippen LogP contribution in [0.25, 0.3) is 10.8 Å². The highest BCUT2D eigenvalue weighted by Gasteiger charge is 2.63. The molecule has 0 saturated carbocycles. The van der Waals surface area contributed by atoms with Crippen molar-refractivity contribution in [2.24, 2.45) is 0 Å². The number of alkyl halides is 1. The van der Waals surface area contributed by atoms with E-state index in [0.717, 1.165) is 16.8 Å². The molecule has 10 nitrogen and oxygen atoms in total. The molecule has 0 aliphatic carbocycles. The molecule has 12 heteroatoms. The van der Waals surface area contributed by atoms with Gasteiger partial charge in [-0.3, -0.25) is 4.79 Å². The highest BCUT2D eigenvalue weighted by Crippen LogP contribution is 2.41. The standard InChI is InChI=1S/C21H23BrFNO9/c1-10(26)24-18-17(16(28)15(27)8-25)33-21(19(29)30,9-20(18,23)31)32-14-5-3-11-6-13(22)4-2-12(11)7-14/h2-7,15-18,25,27-28,31H,8-9H2,1H3,(H,24,26)(H,29,30)/t15-,16-,17+,18+,20+,21+/m1/s1. The van der Waals surface area contributed by atoms with E-state index in [1.807, 2.05) is 6.07 Å². The zero-order valence-corrected chi connectivity index (χ0v) is 18.9. The van der Waals surface area contributed by atoms with Gasteiger partial charge in [0.25, 0.3) is 0 Å². The number of halogens is 2. The van der Waals surface area contributed by atoms with Crippen molar-refractivity contribution in [2.45, 2.75) is 49.3 Å². The van der Waals surface area contributed by atoms with E-state index in [9.17, 15) is 30.0 Å². The van der Waals surface area contributed by atoms with Gasteiger partial charge in [0, 0.05) is 11.4 Å². The number of aliphatic hydroxyl groups is 4. The van der Waals surface area contributed by atoms with Crippen molar-refractivity contribution >= 4 is 38.6 Å². The second-order valence-corrected chi connectivity index (χ2v) is 8.73. The summed E-state index contributed by atoms with van der Waals surface area (Å²) in [5, 5.41) is 53.3. The van der Waals surface area contributed by atoms with Crippen molar-refractivity contribution in [2.75, 3.05) is 6.61 Å². The van der Waals surface area contributed by atoms with Gasteiger partial charge in [0.15, 0.2) is 0 Å². The fourth-order valence-electron chi connectivity index (χ4n) is 3.70. The highest BCUT2D eigenvalue weighted by molar-refractivity contribution is 9.10. The maximum Gasteiger partial charge on any atom is 0.377 e. The summed E-state index contributed by atoms with van der Waals surface area (Å²) in [7, 11) is 0. The number of amides is 1. The predicted molar refractivity (Wildman–Crippen MR) is 115 cm³/mol. The number of aliphatic hydroxyl groups excluding tert-OH is 3. The quantitative estimate of drug-likeness (QED) is 0.297. The molecule has 1 aliphatic rings. The number of benzene rings is 2. The van der Waals surface area contributed by atoms with Crippen molar-refractivity contribution in [1.29, 1.82) is 0 Å². The average molecular weight is 532 g/mol. The largest absolute Gasteiger partial charge is 0.476 e. The molecule has 0 spiro atoms. The maximum atomic E-state index is 15.4. The van der Waals surface area contributed by atoms with Crippen molar-refractivity contribution < 1.29 is 49.0 Å². The summed E-state index contributed by atoms with van der Waals surface area (Å²) >= 11 is 3.34. The number of hydrogen-bond acceptors (Lipinski definition) is 8. The normalized spacial score (nSPS) is 29.3. The first-order chi connectivity index (χ1) is 15.4. The molecule has 1 amide bonds. The van der Waals surface area contributed by atoms with Crippen LogP contribution in [0.5, 0.6) is 5.75 Å². The number of fused-ring (bicyclic) bond motifs is 1. The fraction of sp³-hybridized carbons (Fsp3) is 0.429. The van der Waals surface area contributed by atoms with Crippen LogP contribution < -0.4 is 10.1 Å². The fourth-order valence-corrected chi connectivity index (χ4v) is 4.08. The maximum absolute atomic E-state index is 15.4. The Labute approximate surface area is 195 Å². The van der Waals surface area contributed by atoms with E-state index in [1.165, 1.54) is 12.1 Å². The first-order valence-corrected chi connectivity index (χ1v) is 10.6. The molecule has 3 rings (SSSR count). The Bertz CT molecular complexity index is 1050. The van der Waals surface area contributed by atoms with Gasteiger partial charge in [-0.15, -0.1) is 0 Å². The average Bonchev–Trinajstić information content (AvgIpc) is 2.73. The Morgan fingerprint density at radius 1 is 1.27 bits per heavy atom. The monoisotopic (exact) mass is 531 g/mol. The lowest BCUT2D eigenvalue weighted by molar-refractivity contribution is -0.325. The summed E-state index contributed by atoms with van der Waals surface area (Å²) in [5.74, 6) is -8.98. The van der Waals surface area contributed by atoms with Gasteiger partial charge in [0.2, 0.25) is 11.8 Å².